The van der Waals surface area contributed by atoms with E-state index in [0.717, 1.165) is 16.1 Å². The number of para-hydroxylation sites is 1. The van der Waals surface area contributed by atoms with Crippen LogP contribution in [-0.4, -0.2) is 32.3 Å². The largest absolute Gasteiger partial charge is 0.457 e. The molecular formula is C16H15N7O2. The van der Waals surface area contributed by atoms with Crippen LogP contribution in [-0.2, 0) is 11.3 Å². The van der Waals surface area contributed by atoms with Crippen LogP contribution in [0.1, 0.15) is 5.56 Å². The number of benzene rings is 2. The van der Waals surface area contributed by atoms with E-state index in [4.69, 9.17) is 10.5 Å². The van der Waals surface area contributed by atoms with Gasteiger partial charge in [0.25, 0.3) is 11.9 Å². The summed E-state index contributed by atoms with van der Waals surface area (Å²) in [5.74, 6) is 1.02. The molecule has 0 unspecified atom stereocenters. The number of aromatic nitrogens is 4. The van der Waals surface area contributed by atoms with Crippen LogP contribution in [0.3, 0.4) is 0 Å². The predicted molar refractivity (Wildman–Crippen MR) is 90.9 cm³/mol. The second kappa shape index (κ2) is 7.68. The molecule has 1 aromatic heterocycles. The molecule has 2 aromatic carbocycles. The summed E-state index contributed by atoms with van der Waals surface area (Å²) in [6.45, 7) is -0.126. The second-order valence-electron chi connectivity index (χ2n) is 4.96. The third-order valence-corrected chi connectivity index (χ3v) is 2.99. The molecule has 1 heterocycles. The summed E-state index contributed by atoms with van der Waals surface area (Å²) in [4.78, 5) is 12.8. The van der Waals surface area contributed by atoms with E-state index >= 15 is 0 Å². The molecule has 0 atom stereocenters. The topological polar surface area (TPSA) is 120 Å². The molecule has 25 heavy (non-hydrogen) atoms. The first-order chi connectivity index (χ1) is 12.2. The van der Waals surface area contributed by atoms with Crippen molar-refractivity contribution < 1.29 is 9.53 Å². The highest BCUT2D eigenvalue weighted by Crippen LogP contribution is 2.21. The molecule has 0 bridgehead atoms. The van der Waals surface area contributed by atoms with Gasteiger partial charge in [0.1, 0.15) is 18.0 Å². The fourth-order valence-corrected chi connectivity index (χ4v) is 1.95. The van der Waals surface area contributed by atoms with Gasteiger partial charge in [0.2, 0.25) is 0 Å². The van der Waals surface area contributed by atoms with E-state index in [0.29, 0.717) is 5.75 Å². The molecule has 0 saturated heterocycles. The minimum Gasteiger partial charge on any atom is -0.457 e. The Hall–Kier alpha value is -3.75. The number of nitrogens with two attached hydrogens (primary N) is 1. The molecule has 1 amide bonds. The maximum Gasteiger partial charge on any atom is 0.263 e. The standard InChI is InChI=1S/C16H15N7O2/c17-16-20-22-23(21-16)11-15(24)19-18-10-12-5-4-8-14(9-12)25-13-6-2-1-3-7-13/h1-10H,11H2,(H2,17,21)(H,19,24)/b18-10-. The van der Waals surface area contributed by atoms with E-state index in [1.165, 1.54) is 6.21 Å². The van der Waals surface area contributed by atoms with Crippen LogP contribution in [0.2, 0.25) is 0 Å². The number of rotatable bonds is 6. The summed E-state index contributed by atoms with van der Waals surface area (Å²) in [5, 5.41) is 14.7. The van der Waals surface area contributed by atoms with E-state index in [-0.39, 0.29) is 12.5 Å². The molecule has 0 saturated carbocycles. The lowest BCUT2D eigenvalue weighted by Crippen LogP contribution is -2.24. The van der Waals surface area contributed by atoms with Crippen molar-refractivity contribution in [2.45, 2.75) is 6.54 Å². The highest BCUT2D eigenvalue weighted by molar-refractivity contribution is 5.82. The van der Waals surface area contributed by atoms with E-state index in [1.54, 1.807) is 0 Å². The Morgan fingerprint density at radius 2 is 2.00 bits per heavy atom. The summed E-state index contributed by atoms with van der Waals surface area (Å²) in [6, 6.07) is 16.8. The van der Waals surface area contributed by atoms with Crippen LogP contribution < -0.4 is 15.9 Å². The summed E-state index contributed by atoms with van der Waals surface area (Å²) < 4.78 is 5.74. The van der Waals surface area contributed by atoms with Gasteiger partial charge in [-0.05, 0) is 35.0 Å². The summed E-state index contributed by atoms with van der Waals surface area (Å²) in [7, 11) is 0. The number of hydrogen-bond donors (Lipinski definition) is 2. The highest BCUT2D eigenvalue weighted by atomic mass is 16.5. The molecule has 9 heteroatoms. The van der Waals surface area contributed by atoms with Gasteiger partial charge in [-0.3, -0.25) is 4.79 Å². The van der Waals surface area contributed by atoms with Gasteiger partial charge in [-0.15, -0.1) is 5.10 Å². The molecule has 0 fully saturated rings. The van der Waals surface area contributed by atoms with Gasteiger partial charge in [-0.1, -0.05) is 35.4 Å². The molecule has 0 aliphatic carbocycles. The number of nitrogen functional groups attached to an aromatic ring is 1. The quantitative estimate of drug-likeness (QED) is 0.515. The molecule has 9 nitrogen and oxygen atoms in total. The number of hydrogen-bond acceptors (Lipinski definition) is 7. The first-order valence-electron chi connectivity index (χ1n) is 7.37. The van der Waals surface area contributed by atoms with Crippen molar-refractivity contribution in [2.24, 2.45) is 5.10 Å². The molecule has 126 valence electrons. The van der Waals surface area contributed by atoms with Gasteiger partial charge in [0.15, 0.2) is 0 Å². The Bertz CT molecular complexity index is 877. The fraction of sp³-hybridized carbons (Fsp3) is 0.0625. The van der Waals surface area contributed by atoms with E-state index < -0.39 is 5.91 Å². The Balaban J connectivity index is 1.56. The van der Waals surface area contributed by atoms with Crippen molar-refractivity contribution in [3.05, 3.63) is 60.2 Å². The minimum atomic E-state index is -0.398. The van der Waals surface area contributed by atoms with Crippen LogP contribution in [0.15, 0.2) is 59.7 Å². The van der Waals surface area contributed by atoms with E-state index in [9.17, 15) is 4.79 Å². The smallest absolute Gasteiger partial charge is 0.263 e. The third kappa shape index (κ3) is 4.86. The molecule has 3 aromatic rings. The average Bonchev–Trinajstić information content (AvgIpc) is 3.01. The van der Waals surface area contributed by atoms with Crippen molar-refractivity contribution in [2.75, 3.05) is 5.73 Å². The van der Waals surface area contributed by atoms with Gasteiger partial charge >= 0.3 is 0 Å². The number of nitrogens with one attached hydrogen (secondary N) is 1. The zero-order valence-corrected chi connectivity index (χ0v) is 13.1. The van der Waals surface area contributed by atoms with Crippen LogP contribution in [0.4, 0.5) is 5.95 Å². The number of amides is 1. The van der Waals surface area contributed by atoms with E-state index in [1.807, 2.05) is 54.6 Å². The average molecular weight is 337 g/mol. The number of carbonyl (C=O) groups is 1. The van der Waals surface area contributed by atoms with Crippen LogP contribution in [0.25, 0.3) is 0 Å². The minimum absolute atomic E-state index is 0.00605. The maximum atomic E-state index is 11.7. The van der Waals surface area contributed by atoms with Crippen molar-refractivity contribution >= 4 is 18.1 Å². The van der Waals surface area contributed by atoms with Crippen molar-refractivity contribution in [3.8, 4) is 11.5 Å². The Kier molecular flexibility index (Phi) is 4.95. The van der Waals surface area contributed by atoms with Gasteiger partial charge in [-0.25, -0.2) is 5.43 Å². The number of nitrogens with zero attached hydrogens (tertiary/aromatic N) is 5. The molecule has 0 aliphatic heterocycles. The lowest BCUT2D eigenvalue weighted by atomic mass is 10.2. The second-order valence-corrected chi connectivity index (χ2v) is 4.96. The monoisotopic (exact) mass is 337 g/mol. The number of anilines is 1. The SMILES string of the molecule is Nc1nnn(CC(=O)N/N=C\c2cccc(Oc3ccccc3)c2)n1. The maximum absolute atomic E-state index is 11.7. The normalized spacial score (nSPS) is 10.7. The molecular weight excluding hydrogens is 322 g/mol. The molecule has 0 radical (unpaired) electrons. The summed E-state index contributed by atoms with van der Waals surface area (Å²) >= 11 is 0. The fourth-order valence-electron chi connectivity index (χ4n) is 1.95. The zero-order chi connectivity index (χ0) is 17.5. The number of tetrazole rings is 1. The number of carbonyl (C=O) groups excluding carboxylic acids is 1. The molecule has 0 spiro atoms. The lowest BCUT2D eigenvalue weighted by Gasteiger charge is -2.05. The first kappa shape index (κ1) is 16.1. The Morgan fingerprint density at radius 3 is 2.76 bits per heavy atom. The molecule has 3 rings (SSSR count). The lowest BCUT2D eigenvalue weighted by molar-refractivity contribution is -0.122. The van der Waals surface area contributed by atoms with Crippen LogP contribution in [0.5, 0.6) is 11.5 Å². The van der Waals surface area contributed by atoms with Gasteiger partial charge in [0.05, 0.1) is 6.21 Å². The number of ether oxygens (including phenoxy) is 1. The van der Waals surface area contributed by atoms with Crippen molar-refractivity contribution in [3.63, 3.8) is 0 Å². The van der Waals surface area contributed by atoms with Crippen LogP contribution >= 0.6 is 0 Å². The Labute approximate surface area is 143 Å². The van der Waals surface area contributed by atoms with Crippen LogP contribution in [0, 0.1) is 0 Å². The summed E-state index contributed by atoms with van der Waals surface area (Å²) in [6.07, 6.45) is 1.51. The van der Waals surface area contributed by atoms with Gasteiger partial charge in [0, 0.05) is 0 Å². The highest BCUT2D eigenvalue weighted by Gasteiger charge is 2.04. The van der Waals surface area contributed by atoms with Crippen molar-refractivity contribution in [1.82, 2.24) is 25.6 Å². The number of hydrazone groups is 1. The van der Waals surface area contributed by atoms with E-state index in [2.05, 4.69) is 25.9 Å². The first-order valence-corrected chi connectivity index (χ1v) is 7.37. The predicted octanol–water partition coefficient (Wildman–Crippen LogP) is 1.20. The zero-order valence-electron chi connectivity index (χ0n) is 13.1. The van der Waals surface area contributed by atoms with Gasteiger partial charge in [-0.2, -0.15) is 9.90 Å². The molecule has 3 N–H and O–H groups in total. The molecule has 0 aliphatic rings. The summed E-state index contributed by atoms with van der Waals surface area (Å²) in [5.41, 5.74) is 8.47. The third-order valence-electron chi connectivity index (χ3n) is 2.99. The van der Waals surface area contributed by atoms with Crippen molar-refractivity contribution in [1.29, 1.82) is 0 Å². The Morgan fingerprint density at radius 1 is 1.20 bits per heavy atom. The van der Waals surface area contributed by atoms with Gasteiger partial charge < -0.3 is 10.5 Å².